The minimum Gasteiger partial charge on any atom is -0.454 e. The summed E-state index contributed by atoms with van der Waals surface area (Å²) in [6, 6.07) is 11.1. The third-order valence-corrected chi connectivity index (χ3v) is 2.45. The largest absolute Gasteiger partial charge is 0.454 e. The summed E-state index contributed by atoms with van der Waals surface area (Å²) < 4.78 is 18.6. The number of benzene rings is 2. The fourth-order valence-corrected chi connectivity index (χ4v) is 1.52. The summed E-state index contributed by atoms with van der Waals surface area (Å²) in [6.45, 7) is 1.88. The lowest BCUT2D eigenvalue weighted by molar-refractivity contribution is 0.477. The van der Waals surface area contributed by atoms with Crippen LogP contribution in [0.25, 0.3) is 0 Å². The maximum Gasteiger partial charge on any atom is 0.153 e. The second-order valence-corrected chi connectivity index (χ2v) is 3.90. The molecule has 0 fully saturated rings. The minimum atomic E-state index is -0.439. The number of hydrogen-bond donors (Lipinski definition) is 1. The Morgan fingerprint density at radius 1 is 1.17 bits per heavy atom. The number of ether oxygens (including phenoxy) is 1. The normalized spacial score (nSPS) is 9.83. The second kappa shape index (κ2) is 4.76. The molecule has 0 aliphatic rings. The molecule has 2 N–H and O–H groups in total. The van der Waals surface area contributed by atoms with Crippen LogP contribution in [0.5, 0.6) is 11.5 Å². The van der Waals surface area contributed by atoms with Gasteiger partial charge in [0.25, 0.3) is 0 Å². The number of rotatable bonds is 2. The Morgan fingerprint density at radius 3 is 2.67 bits per heavy atom. The van der Waals surface area contributed by atoms with Gasteiger partial charge in [0, 0.05) is 6.07 Å². The summed E-state index contributed by atoms with van der Waals surface area (Å²) in [5.74, 6) is 0.136. The maximum absolute atomic E-state index is 13.1. The monoisotopic (exact) mass is 242 g/mol. The van der Waals surface area contributed by atoms with Gasteiger partial charge in [-0.1, -0.05) is 6.07 Å². The van der Waals surface area contributed by atoms with Gasteiger partial charge in [0.05, 0.1) is 11.3 Å². The second-order valence-electron chi connectivity index (χ2n) is 3.90. The number of aryl methyl sites for hydroxylation is 1. The molecule has 90 valence electrons. The summed E-state index contributed by atoms with van der Waals surface area (Å²) in [7, 11) is 0. The Hall–Kier alpha value is -2.54. The fraction of sp³-hybridized carbons (Fsp3) is 0.0714. The van der Waals surface area contributed by atoms with Crippen molar-refractivity contribution in [3.8, 4) is 17.6 Å². The standard InChI is InChI=1S/C14H11FN2O/c1-9-2-3-10(8-16)13(6-9)18-14-7-11(15)4-5-12(14)17/h2-7H,17H2,1H3. The highest BCUT2D eigenvalue weighted by molar-refractivity contribution is 5.56. The van der Waals surface area contributed by atoms with Gasteiger partial charge in [0.15, 0.2) is 5.75 Å². The topological polar surface area (TPSA) is 59.0 Å². The Bertz CT molecular complexity index is 632. The molecule has 0 heterocycles. The first-order valence-electron chi connectivity index (χ1n) is 5.34. The summed E-state index contributed by atoms with van der Waals surface area (Å²) in [4.78, 5) is 0. The molecule has 0 bridgehead atoms. The molecule has 3 nitrogen and oxygen atoms in total. The van der Waals surface area contributed by atoms with Gasteiger partial charge in [-0.15, -0.1) is 0 Å². The highest BCUT2D eigenvalue weighted by Crippen LogP contribution is 2.30. The molecule has 2 aromatic carbocycles. The summed E-state index contributed by atoms with van der Waals surface area (Å²) in [6.07, 6.45) is 0. The van der Waals surface area contributed by atoms with E-state index in [1.807, 2.05) is 13.0 Å². The van der Waals surface area contributed by atoms with Crippen LogP contribution in [0, 0.1) is 24.1 Å². The SMILES string of the molecule is Cc1ccc(C#N)c(Oc2cc(F)ccc2N)c1. The van der Waals surface area contributed by atoms with Crippen molar-refractivity contribution in [2.45, 2.75) is 6.92 Å². The van der Waals surface area contributed by atoms with Crippen LogP contribution in [0.3, 0.4) is 0 Å². The van der Waals surface area contributed by atoms with Gasteiger partial charge in [0.2, 0.25) is 0 Å². The van der Waals surface area contributed by atoms with E-state index in [-0.39, 0.29) is 5.75 Å². The van der Waals surface area contributed by atoms with Crippen molar-refractivity contribution in [3.63, 3.8) is 0 Å². The number of nitriles is 1. The summed E-state index contributed by atoms with van der Waals surface area (Å²) in [5, 5.41) is 8.98. The fourth-order valence-electron chi connectivity index (χ4n) is 1.52. The van der Waals surface area contributed by atoms with Crippen LogP contribution in [0.4, 0.5) is 10.1 Å². The lowest BCUT2D eigenvalue weighted by Crippen LogP contribution is -1.95. The van der Waals surface area contributed by atoms with E-state index in [0.29, 0.717) is 17.0 Å². The number of nitrogens with two attached hydrogens (primary N) is 1. The van der Waals surface area contributed by atoms with Crippen molar-refractivity contribution in [3.05, 3.63) is 53.3 Å². The number of nitrogens with zero attached hydrogens (tertiary/aromatic N) is 1. The van der Waals surface area contributed by atoms with Crippen LogP contribution in [0.1, 0.15) is 11.1 Å². The molecule has 0 atom stereocenters. The molecule has 4 heteroatoms. The average Bonchev–Trinajstić information content (AvgIpc) is 2.34. The van der Waals surface area contributed by atoms with Gasteiger partial charge in [-0.3, -0.25) is 0 Å². The highest BCUT2D eigenvalue weighted by atomic mass is 19.1. The van der Waals surface area contributed by atoms with E-state index in [1.54, 1.807) is 18.2 Å². The average molecular weight is 242 g/mol. The molecule has 0 amide bonds. The van der Waals surface area contributed by atoms with Crippen molar-refractivity contribution in [1.82, 2.24) is 0 Å². The molecule has 0 unspecified atom stereocenters. The first-order valence-corrected chi connectivity index (χ1v) is 5.34. The predicted octanol–water partition coefficient (Wildman–Crippen LogP) is 3.38. The van der Waals surface area contributed by atoms with E-state index < -0.39 is 5.82 Å². The third kappa shape index (κ3) is 2.41. The molecule has 0 radical (unpaired) electrons. The maximum atomic E-state index is 13.1. The molecule has 0 aliphatic heterocycles. The third-order valence-electron chi connectivity index (χ3n) is 2.45. The van der Waals surface area contributed by atoms with E-state index in [4.69, 9.17) is 15.7 Å². The molecule has 0 aromatic heterocycles. The molecule has 0 saturated carbocycles. The lowest BCUT2D eigenvalue weighted by Gasteiger charge is -2.10. The van der Waals surface area contributed by atoms with Crippen LogP contribution >= 0.6 is 0 Å². The number of nitrogen functional groups attached to an aromatic ring is 1. The number of halogens is 1. The predicted molar refractivity (Wildman–Crippen MR) is 66.8 cm³/mol. The first-order chi connectivity index (χ1) is 8.60. The smallest absolute Gasteiger partial charge is 0.153 e. The molecule has 2 rings (SSSR count). The molecular weight excluding hydrogens is 231 g/mol. The van der Waals surface area contributed by atoms with Crippen molar-refractivity contribution in [1.29, 1.82) is 5.26 Å². The van der Waals surface area contributed by atoms with Gasteiger partial charge in [-0.05, 0) is 36.8 Å². The van der Waals surface area contributed by atoms with E-state index in [0.717, 1.165) is 5.56 Å². The van der Waals surface area contributed by atoms with Crippen molar-refractivity contribution >= 4 is 5.69 Å². The molecule has 0 aliphatic carbocycles. The summed E-state index contributed by atoms with van der Waals surface area (Å²) >= 11 is 0. The lowest BCUT2D eigenvalue weighted by atomic mass is 10.1. The van der Waals surface area contributed by atoms with E-state index in [9.17, 15) is 4.39 Å². The first kappa shape index (κ1) is 11.9. The Morgan fingerprint density at radius 2 is 1.94 bits per heavy atom. The molecule has 0 saturated heterocycles. The Balaban J connectivity index is 2.43. The van der Waals surface area contributed by atoms with Crippen molar-refractivity contribution in [2.75, 3.05) is 5.73 Å². The molecule has 18 heavy (non-hydrogen) atoms. The zero-order valence-electron chi connectivity index (χ0n) is 9.77. The van der Waals surface area contributed by atoms with Crippen LogP contribution in [-0.2, 0) is 0 Å². The van der Waals surface area contributed by atoms with Crippen LogP contribution in [0.2, 0.25) is 0 Å². The van der Waals surface area contributed by atoms with E-state index in [1.165, 1.54) is 18.2 Å². The van der Waals surface area contributed by atoms with Gasteiger partial charge in [-0.25, -0.2) is 4.39 Å². The van der Waals surface area contributed by atoms with Crippen LogP contribution in [-0.4, -0.2) is 0 Å². The van der Waals surface area contributed by atoms with Gasteiger partial charge >= 0.3 is 0 Å². The Labute approximate surface area is 104 Å². The molecular formula is C14H11FN2O. The highest BCUT2D eigenvalue weighted by Gasteiger charge is 2.08. The Kier molecular flexibility index (Phi) is 3.16. The van der Waals surface area contributed by atoms with E-state index in [2.05, 4.69) is 0 Å². The zero-order valence-corrected chi connectivity index (χ0v) is 9.77. The number of anilines is 1. The van der Waals surface area contributed by atoms with Crippen molar-refractivity contribution < 1.29 is 9.13 Å². The minimum absolute atomic E-state index is 0.206. The van der Waals surface area contributed by atoms with E-state index >= 15 is 0 Å². The zero-order chi connectivity index (χ0) is 13.1. The molecule has 0 spiro atoms. The summed E-state index contributed by atoms with van der Waals surface area (Å²) in [5.41, 5.74) is 7.34. The van der Waals surface area contributed by atoms with Crippen molar-refractivity contribution in [2.24, 2.45) is 0 Å². The van der Waals surface area contributed by atoms with Gasteiger partial charge in [0.1, 0.15) is 17.6 Å². The van der Waals surface area contributed by atoms with Gasteiger partial charge < -0.3 is 10.5 Å². The number of hydrogen-bond acceptors (Lipinski definition) is 3. The van der Waals surface area contributed by atoms with Gasteiger partial charge in [-0.2, -0.15) is 5.26 Å². The van der Waals surface area contributed by atoms with Crippen LogP contribution in [0.15, 0.2) is 36.4 Å². The quantitative estimate of drug-likeness (QED) is 0.821. The van der Waals surface area contributed by atoms with Crippen LogP contribution < -0.4 is 10.5 Å². The molecule has 2 aromatic rings.